The number of nitrogen functional groups attached to an aromatic ring is 1. The summed E-state index contributed by atoms with van der Waals surface area (Å²) in [6, 6.07) is 5.84. The number of anilines is 1. The van der Waals surface area contributed by atoms with Crippen LogP contribution in [0.5, 0.6) is 0 Å². The Bertz CT molecular complexity index is 394. The Labute approximate surface area is 92.9 Å². The van der Waals surface area contributed by atoms with Gasteiger partial charge in [0.1, 0.15) is 5.76 Å². The van der Waals surface area contributed by atoms with E-state index in [0.717, 1.165) is 31.0 Å². The summed E-state index contributed by atoms with van der Waals surface area (Å²) in [6.07, 6.45) is 2.62. The highest BCUT2D eigenvalue weighted by atomic mass is 32.1. The number of thiophene rings is 1. The van der Waals surface area contributed by atoms with Crippen LogP contribution >= 0.6 is 11.3 Å². The third-order valence-corrected chi connectivity index (χ3v) is 3.13. The van der Waals surface area contributed by atoms with Crippen molar-refractivity contribution in [2.75, 3.05) is 12.3 Å². The van der Waals surface area contributed by atoms with Gasteiger partial charge in [0, 0.05) is 30.1 Å². The zero-order chi connectivity index (χ0) is 10.5. The van der Waals surface area contributed by atoms with Gasteiger partial charge < -0.3 is 15.5 Å². The molecule has 80 valence electrons. The SMILES string of the molecule is Nc1ccsc1CNCCc1ccco1. The summed E-state index contributed by atoms with van der Waals surface area (Å²) in [7, 11) is 0. The number of nitrogens with one attached hydrogen (secondary N) is 1. The van der Waals surface area contributed by atoms with E-state index in [9.17, 15) is 0 Å². The average molecular weight is 222 g/mol. The second-order valence-corrected chi connectivity index (χ2v) is 4.31. The van der Waals surface area contributed by atoms with Crippen molar-refractivity contribution in [1.82, 2.24) is 5.32 Å². The minimum atomic E-state index is 0.838. The third kappa shape index (κ3) is 2.84. The first-order chi connectivity index (χ1) is 7.36. The van der Waals surface area contributed by atoms with Crippen LogP contribution in [0, 0.1) is 0 Å². The molecule has 15 heavy (non-hydrogen) atoms. The fourth-order valence-corrected chi connectivity index (χ4v) is 2.13. The molecule has 0 unspecified atom stereocenters. The summed E-state index contributed by atoms with van der Waals surface area (Å²) in [6.45, 7) is 1.75. The standard InChI is InChI=1S/C11H14N2OS/c12-10-4-7-15-11(10)8-13-5-3-9-2-1-6-14-9/h1-2,4,6-7,13H,3,5,8,12H2. The highest BCUT2D eigenvalue weighted by Gasteiger charge is 2.00. The monoisotopic (exact) mass is 222 g/mol. The molecule has 0 atom stereocenters. The van der Waals surface area contributed by atoms with E-state index in [1.807, 2.05) is 23.6 Å². The Morgan fingerprint density at radius 3 is 3.00 bits per heavy atom. The predicted octanol–water partition coefficient (Wildman–Crippen LogP) is 2.26. The van der Waals surface area contributed by atoms with Gasteiger partial charge in [0.05, 0.1) is 6.26 Å². The van der Waals surface area contributed by atoms with Crippen molar-refractivity contribution in [1.29, 1.82) is 0 Å². The first kappa shape index (κ1) is 10.3. The number of hydrogen-bond acceptors (Lipinski definition) is 4. The molecular weight excluding hydrogens is 208 g/mol. The first-order valence-corrected chi connectivity index (χ1v) is 5.79. The lowest BCUT2D eigenvalue weighted by atomic mass is 10.3. The summed E-state index contributed by atoms with van der Waals surface area (Å²) in [5.74, 6) is 1.02. The van der Waals surface area contributed by atoms with Crippen LogP contribution in [0.4, 0.5) is 5.69 Å². The summed E-state index contributed by atoms with van der Waals surface area (Å²) in [4.78, 5) is 1.20. The zero-order valence-electron chi connectivity index (χ0n) is 8.40. The third-order valence-electron chi connectivity index (χ3n) is 2.19. The van der Waals surface area contributed by atoms with Crippen molar-refractivity contribution in [3.05, 3.63) is 40.5 Å². The molecule has 3 N–H and O–H groups in total. The molecule has 0 bridgehead atoms. The van der Waals surface area contributed by atoms with Crippen molar-refractivity contribution in [3.63, 3.8) is 0 Å². The molecule has 0 fully saturated rings. The van der Waals surface area contributed by atoms with Crippen LogP contribution in [0.3, 0.4) is 0 Å². The lowest BCUT2D eigenvalue weighted by Crippen LogP contribution is -2.16. The van der Waals surface area contributed by atoms with Crippen molar-refractivity contribution >= 4 is 17.0 Å². The average Bonchev–Trinajstić information content (AvgIpc) is 2.85. The van der Waals surface area contributed by atoms with Crippen LogP contribution in [0.15, 0.2) is 34.3 Å². The van der Waals surface area contributed by atoms with E-state index in [4.69, 9.17) is 10.2 Å². The molecule has 3 nitrogen and oxygen atoms in total. The summed E-state index contributed by atoms with van der Waals surface area (Å²) >= 11 is 1.69. The highest BCUT2D eigenvalue weighted by Crippen LogP contribution is 2.17. The minimum Gasteiger partial charge on any atom is -0.469 e. The fourth-order valence-electron chi connectivity index (χ4n) is 1.36. The van der Waals surface area contributed by atoms with Crippen LogP contribution in [0.25, 0.3) is 0 Å². The van der Waals surface area contributed by atoms with Crippen molar-refractivity contribution in [2.24, 2.45) is 0 Å². The fraction of sp³-hybridized carbons (Fsp3) is 0.273. The zero-order valence-corrected chi connectivity index (χ0v) is 9.22. The van der Waals surface area contributed by atoms with Crippen molar-refractivity contribution in [2.45, 2.75) is 13.0 Å². The molecule has 2 aromatic heterocycles. The van der Waals surface area contributed by atoms with Crippen molar-refractivity contribution in [3.8, 4) is 0 Å². The number of nitrogens with two attached hydrogens (primary N) is 1. The van der Waals surface area contributed by atoms with Gasteiger partial charge in [-0.15, -0.1) is 11.3 Å². The minimum absolute atomic E-state index is 0.838. The molecule has 2 aromatic rings. The molecule has 0 aliphatic rings. The number of hydrogen-bond donors (Lipinski definition) is 2. The van der Waals surface area contributed by atoms with Gasteiger partial charge >= 0.3 is 0 Å². The summed E-state index contributed by atoms with van der Waals surface area (Å²) in [5, 5.41) is 5.35. The van der Waals surface area contributed by atoms with E-state index in [2.05, 4.69) is 5.32 Å². The molecule has 2 heterocycles. The van der Waals surface area contributed by atoms with Crippen LogP contribution in [-0.2, 0) is 13.0 Å². The van der Waals surface area contributed by atoms with E-state index in [-0.39, 0.29) is 0 Å². The second-order valence-electron chi connectivity index (χ2n) is 3.31. The number of rotatable bonds is 5. The summed E-state index contributed by atoms with van der Waals surface area (Å²) in [5.41, 5.74) is 6.65. The van der Waals surface area contributed by atoms with E-state index in [1.54, 1.807) is 17.6 Å². The Morgan fingerprint density at radius 1 is 1.40 bits per heavy atom. The van der Waals surface area contributed by atoms with Crippen LogP contribution in [-0.4, -0.2) is 6.54 Å². The highest BCUT2D eigenvalue weighted by molar-refractivity contribution is 7.10. The molecule has 0 saturated heterocycles. The van der Waals surface area contributed by atoms with Gasteiger partial charge in [-0.05, 0) is 23.6 Å². The van der Waals surface area contributed by atoms with Crippen molar-refractivity contribution < 1.29 is 4.42 Å². The maximum Gasteiger partial charge on any atom is 0.105 e. The van der Waals surface area contributed by atoms with Gasteiger partial charge in [-0.3, -0.25) is 0 Å². The molecule has 2 rings (SSSR count). The quantitative estimate of drug-likeness (QED) is 0.763. The van der Waals surface area contributed by atoms with Gasteiger partial charge in [0.15, 0.2) is 0 Å². The molecule has 4 heteroatoms. The Hall–Kier alpha value is -1.26. The first-order valence-electron chi connectivity index (χ1n) is 4.91. The van der Waals surface area contributed by atoms with E-state index >= 15 is 0 Å². The normalized spacial score (nSPS) is 10.7. The number of furan rings is 1. The molecule has 0 spiro atoms. The second kappa shape index (κ2) is 5.00. The molecule has 0 radical (unpaired) electrons. The van der Waals surface area contributed by atoms with Gasteiger partial charge in [-0.1, -0.05) is 0 Å². The van der Waals surface area contributed by atoms with Gasteiger partial charge in [0.2, 0.25) is 0 Å². The molecule has 0 saturated carbocycles. The molecule has 0 aromatic carbocycles. The maximum absolute atomic E-state index is 5.77. The van der Waals surface area contributed by atoms with Crippen LogP contribution in [0.2, 0.25) is 0 Å². The van der Waals surface area contributed by atoms with Crippen LogP contribution in [0.1, 0.15) is 10.6 Å². The lowest BCUT2D eigenvalue weighted by Gasteiger charge is -2.02. The molecular formula is C11H14N2OS. The summed E-state index contributed by atoms with van der Waals surface area (Å²) < 4.78 is 5.23. The van der Waals surface area contributed by atoms with Gasteiger partial charge in [-0.2, -0.15) is 0 Å². The predicted molar refractivity (Wildman–Crippen MR) is 62.9 cm³/mol. The molecule has 0 aliphatic carbocycles. The molecule has 0 aliphatic heterocycles. The van der Waals surface area contributed by atoms with E-state index in [1.165, 1.54) is 4.88 Å². The van der Waals surface area contributed by atoms with Crippen LogP contribution < -0.4 is 11.1 Å². The van der Waals surface area contributed by atoms with Gasteiger partial charge in [-0.25, -0.2) is 0 Å². The van der Waals surface area contributed by atoms with E-state index < -0.39 is 0 Å². The topological polar surface area (TPSA) is 51.2 Å². The Morgan fingerprint density at radius 2 is 2.33 bits per heavy atom. The largest absolute Gasteiger partial charge is 0.469 e. The molecule has 0 amide bonds. The Balaban J connectivity index is 1.70. The lowest BCUT2D eigenvalue weighted by molar-refractivity contribution is 0.499. The van der Waals surface area contributed by atoms with E-state index in [0.29, 0.717) is 0 Å². The Kier molecular flexibility index (Phi) is 3.42. The van der Waals surface area contributed by atoms with Gasteiger partial charge in [0.25, 0.3) is 0 Å². The maximum atomic E-state index is 5.77. The smallest absolute Gasteiger partial charge is 0.105 e.